The van der Waals surface area contributed by atoms with Crippen LogP contribution in [0.25, 0.3) is 22.4 Å². The Balaban J connectivity index is 1.64. The van der Waals surface area contributed by atoms with Crippen molar-refractivity contribution in [3.05, 3.63) is 76.2 Å². The molecule has 8 nitrogen and oxygen atoms in total. The topological polar surface area (TPSA) is 91.1 Å². The third-order valence-electron chi connectivity index (χ3n) is 5.62. The molecule has 0 spiro atoms. The summed E-state index contributed by atoms with van der Waals surface area (Å²) in [6, 6.07) is 15.3. The van der Waals surface area contributed by atoms with Crippen LogP contribution in [0.5, 0.6) is 0 Å². The van der Waals surface area contributed by atoms with Crippen LogP contribution in [0.15, 0.2) is 63.0 Å². The molecule has 0 aliphatic rings. The molecule has 0 N–H and O–H groups in total. The maximum atomic E-state index is 13.5. The zero-order valence-corrected chi connectivity index (χ0v) is 19.5. The summed E-state index contributed by atoms with van der Waals surface area (Å²) in [5.41, 5.74) is 2.40. The van der Waals surface area contributed by atoms with E-state index >= 15 is 0 Å². The van der Waals surface area contributed by atoms with E-state index in [4.69, 9.17) is 4.52 Å². The first-order chi connectivity index (χ1) is 16.1. The highest BCUT2D eigenvalue weighted by Crippen LogP contribution is 2.34. The van der Waals surface area contributed by atoms with Gasteiger partial charge in [0.2, 0.25) is 11.7 Å². The minimum atomic E-state index is -0.127. The number of rotatable bonds is 7. The average Bonchev–Trinajstić information content (AvgIpc) is 3.47. The molecule has 0 radical (unpaired) electrons. The van der Waals surface area contributed by atoms with Gasteiger partial charge in [-0.1, -0.05) is 60.6 Å². The Morgan fingerprint density at radius 1 is 1.09 bits per heavy atom. The molecule has 0 aliphatic heterocycles. The van der Waals surface area contributed by atoms with E-state index in [2.05, 4.69) is 27.3 Å². The van der Waals surface area contributed by atoms with E-state index in [1.807, 2.05) is 66.8 Å². The quantitative estimate of drug-likeness (QED) is 0.318. The Labute approximate surface area is 194 Å². The standard InChI is InChI=1S/C24H24N6O2S/c1-4-5-14-20-25-21(32-28-20)16(3)33-24-27-26-23-29(18-12-8-6-10-15(18)2)22(31)17-11-7-9-13-19(17)30(23)24/h6-13,16H,4-5,14H2,1-3H3. The number of unbranched alkanes of at least 4 members (excludes halogenated alkanes) is 1. The molecule has 2 aromatic carbocycles. The predicted octanol–water partition coefficient (Wildman–Crippen LogP) is 4.92. The summed E-state index contributed by atoms with van der Waals surface area (Å²) in [6.45, 7) is 6.12. The van der Waals surface area contributed by atoms with Crippen molar-refractivity contribution in [2.24, 2.45) is 0 Å². The van der Waals surface area contributed by atoms with Crippen LogP contribution in [0.3, 0.4) is 0 Å². The fourth-order valence-corrected chi connectivity index (χ4v) is 4.75. The van der Waals surface area contributed by atoms with Crippen LogP contribution in [0.1, 0.15) is 49.2 Å². The molecule has 0 fully saturated rings. The first-order valence-electron chi connectivity index (χ1n) is 11.0. The minimum absolute atomic E-state index is 0.123. The zero-order chi connectivity index (χ0) is 22.9. The third kappa shape index (κ3) is 3.82. The van der Waals surface area contributed by atoms with Gasteiger partial charge in [0, 0.05) is 6.42 Å². The lowest BCUT2D eigenvalue weighted by Gasteiger charge is -2.13. The molecule has 3 aromatic heterocycles. The number of benzene rings is 2. The fraction of sp³-hybridized carbons (Fsp3) is 0.292. The van der Waals surface area contributed by atoms with Crippen LogP contribution < -0.4 is 5.56 Å². The van der Waals surface area contributed by atoms with Gasteiger partial charge >= 0.3 is 0 Å². The third-order valence-corrected chi connectivity index (χ3v) is 6.65. The van der Waals surface area contributed by atoms with Gasteiger partial charge in [0.15, 0.2) is 11.0 Å². The Bertz CT molecular complexity index is 1500. The molecule has 0 saturated heterocycles. The van der Waals surface area contributed by atoms with Crippen molar-refractivity contribution < 1.29 is 4.52 Å². The highest BCUT2D eigenvalue weighted by molar-refractivity contribution is 7.99. The molecule has 33 heavy (non-hydrogen) atoms. The summed E-state index contributed by atoms with van der Waals surface area (Å²) in [5.74, 6) is 1.75. The molecule has 5 aromatic rings. The largest absolute Gasteiger partial charge is 0.338 e. The number of para-hydroxylation sites is 2. The first-order valence-corrected chi connectivity index (χ1v) is 11.9. The van der Waals surface area contributed by atoms with Gasteiger partial charge in [-0.3, -0.25) is 9.20 Å². The molecule has 9 heteroatoms. The highest BCUT2D eigenvalue weighted by Gasteiger charge is 2.22. The van der Waals surface area contributed by atoms with Crippen molar-refractivity contribution in [2.75, 3.05) is 0 Å². The van der Waals surface area contributed by atoms with Gasteiger partial charge in [-0.15, -0.1) is 10.2 Å². The molecule has 0 amide bonds. The molecule has 5 rings (SSSR count). The fourth-order valence-electron chi connectivity index (χ4n) is 3.86. The van der Waals surface area contributed by atoms with Crippen molar-refractivity contribution in [1.29, 1.82) is 0 Å². The van der Waals surface area contributed by atoms with Gasteiger partial charge in [-0.05, 0) is 44.0 Å². The van der Waals surface area contributed by atoms with Gasteiger partial charge in [-0.25, -0.2) is 4.57 Å². The van der Waals surface area contributed by atoms with Gasteiger partial charge in [0.1, 0.15) is 0 Å². The van der Waals surface area contributed by atoms with Gasteiger partial charge in [0.05, 0.1) is 21.8 Å². The Morgan fingerprint density at radius 2 is 1.88 bits per heavy atom. The second kappa shape index (κ2) is 8.82. The van der Waals surface area contributed by atoms with Crippen molar-refractivity contribution >= 4 is 28.4 Å². The second-order valence-corrected chi connectivity index (χ2v) is 9.28. The normalized spacial score (nSPS) is 12.6. The maximum Gasteiger partial charge on any atom is 0.267 e. The van der Waals surface area contributed by atoms with E-state index in [1.165, 1.54) is 11.8 Å². The number of aromatic nitrogens is 6. The van der Waals surface area contributed by atoms with E-state index in [0.717, 1.165) is 41.9 Å². The van der Waals surface area contributed by atoms with Crippen LogP contribution in [0.2, 0.25) is 0 Å². The maximum absolute atomic E-state index is 13.5. The van der Waals surface area contributed by atoms with Crippen molar-refractivity contribution in [3.63, 3.8) is 0 Å². The Hall–Kier alpha value is -3.46. The monoisotopic (exact) mass is 460 g/mol. The molecule has 0 bridgehead atoms. The molecule has 0 aliphatic carbocycles. The van der Waals surface area contributed by atoms with Crippen LogP contribution in [-0.4, -0.2) is 29.3 Å². The van der Waals surface area contributed by atoms with Crippen molar-refractivity contribution in [1.82, 2.24) is 29.3 Å². The van der Waals surface area contributed by atoms with E-state index in [9.17, 15) is 4.79 Å². The number of aryl methyl sites for hydroxylation is 2. The lowest BCUT2D eigenvalue weighted by molar-refractivity contribution is 0.374. The molecule has 1 unspecified atom stereocenters. The lowest BCUT2D eigenvalue weighted by Crippen LogP contribution is -2.22. The summed E-state index contributed by atoms with van der Waals surface area (Å²) in [4.78, 5) is 18.0. The van der Waals surface area contributed by atoms with Crippen LogP contribution in [-0.2, 0) is 6.42 Å². The van der Waals surface area contributed by atoms with Crippen molar-refractivity contribution in [2.45, 2.75) is 50.4 Å². The van der Waals surface area contributed by atoms with Crippen LogP contribution in [0, 0.1) is 6.92 Å². The number of thioether (sulfide) groups is 1. The predicted molar refractivity (Wildman–Crippen MR) is 128 cm³/mol. The van der Waals surface area contributed by atoms with E-state index < -0.39 is 0 Å². The summed E-state index contributed by atoms with van der Waals surface area (Å²) in [6.07, 6.45) is 2.91. The average molecular weight is 461 g/mol. The lowest BCUT2D eigenvalue weighted by atomic mass is 10.2. The van der Waals surface area contributed by atoms with E-state index in [0.29, 0.717) is 22.2 Å². The van der Waals surface area contributed by atoms with Crippen molar-refractivity contribution in [3.8, 4) is 5.69 Å². The van der Waals surface area contributed by atoms with Gasteiger partial charge in [0.25, 0.3) is 5.56 Å². The number of fused-ring (bicyclic) bond motifs is 3. The smallest absolute Gasteiger partial charge is 0.267 e. The first kappa shape index (κ1) is 21.4. The molecule has 3 heterocycles. The zero-order valence-electron chi connectivity index (χ0n) is 18.7. The number of hydrogen-bond donors (Lipinski definition) is 0. The number of hydrogen-bond acceptors (Lipinski definition) is 7. The van der Waals surface area contributed by atoms with Gasteiger partial charge < -0.3 is 4.52 Å². The Morgan fingerprint density at radius 3 is 2.70 bits per heavy atom. The molecule has 0 saturated carbocycles. The molecular formula is C24H24N6O2S. The van der Waals surface area contributed by atoms with E-state index in [1.54, 1.807) is 4.57 Å². The molecular weight excluding hydrogens is 436 g/mol. The highest BCUT2D eigenvalue weighted by atomic mass is 32.2. The number of nitrogens with zero attached hydrogens (tertiary/aromatic N) is 6. The minimum Gasteiger partial charge on any atom is -0.338 e. The Kier molecular flexibility index (Phi) is 5.72. The van der Waals surface area contributed by atoms with Crippen LogP contribution >= 0.6 is 11.8 Å². The summed E-state index contributed by atoms with van der Waals surface area (Å²) < 4.78 is 9.07. The molecule has 168 valence electrons. The van der Waals surface area contributed by atoms with Gasteiger partial charge in [-0.2, -0.15) is 4.98 Å². The summed E-state index contributed by atoms with van der Waals surface area (Å²) in [7, 11) is 0. The SMILES string of the molecule is CCCCc1noc(C(C)Sc2nnc3n(-c4ccccc4C)c(=O)c4ccccc4n23)n1. The van der Waals surface area contributed by atoms with Crippen LogP contribution in [0.4, 0.5) is 0 Å². The molecule has 1 atom stereocenters. The summed E-state index contributed by atoms with van der Waals surface area (Å²) in [5, 5.41) is 14.1. The second-order valence-electron chi connectivity index (χ2n) is 7.97. The van der Waals surface area contributed by atoms with E-state index in [-0.39, 0.29) is 10.8 Å². The summed E-state index contributed by atoms with van der Waals surface area (Å²) >= 11 is 1.48.